The van der Waals surface area contributed by atoms with Crippen LogP contribution in [0.4, 0.5) is 13.2 Å². The predicted octanol–water partition coefficient (Wildman–Crippen LogP) is 3.32. The maximum atomic E-state index is 12.6. The lowest BCUT2D eigenvalue weighted by molar-refractivity contribution is -0.137. The van der Waals surface area contributed by atoms with Crippen molar-refractivity contribution in [1.82, 2.24) is 15.3 Å². The van der Waals surface area contributed by atoms with Crippen LogP contribution in [0.15, 0.2) is 59.4 Å². The monoisotopic (exact) mass is 417 g/mol. The lowest BCUT2D eigenvalue weighted by Gasteiger charge is -2.09. The van der Waals surface area contributed by atoms with Crippen molar-refractivity contribution < 1.29 is 22.7 Å². The van der Waals surface area contributed by atoms with Gasteiger partial charge in [-0.3, -0.25) is 9.59 Å². The summed E-state index contributed by atoms with van der Waals surface area (Å²) in [5.41, 5.74) is -0.0141. The van der Waals surface area contributed by atoms with Crippen LogP contribution < -0.4 is 15.6 Å². The highest BCUT2D eigenvalue weighted by atomic mass is 19.4. The molecule has 3 aromatic rings. The molecule has 2 aromatic carbocycles. The molecule has 3 rings (SSSR count). The fourth-order valence-corrected chi connectivity index (χ4v) is 2.77. The third-order valence-corrected chi connectivity index (χ3v) is 4.26. The molecule has 1 amide bonds. The van der Waals surface area contributed by atoms with Crippen molar-refractivity contribution in [2.45, 2.75) is 19.1 Å². The van der Waals surface area contributed by atoms with Crippen molar-refractivity contribution in [1.29, 1.82) is 0 Å². The van der Waals surface area contributed by atoms with Crippen LogP contribution in [-0.2, 0) is 19.1 Å². The standard InChI is InChI=1S/C21H18F3N3O3/c1-30-16-4-2-3-14(9-16)10-18-26-17(11-19(28)27-18)20(29)25-12-13-5-7-15(8-6-13)21(22,23)24/h2-9,11H,10,12H2,1H3,(H,25,29)(H,26,27,28). The summed E-state index contributed by atoms with van der Waals surface area (Å²) in [4.78, 5) is 31.1. The molecule has 0 saturated heterocycles. The van der Waals surface area contributed by atoms with Gasteiger partial charge in [-0.15, -0.1) is 0 Å². The van der Waals surface area contributed by atoms with Gasteiger partial charge in [0.05, 0.1) is 12.7 Å². The van der Waals surface area contributed by atoms with Gasteiger partial charge in [0.15, 0.2) is 0 Å². The second-order valence-corrected chi connectivity index (χ2v) is 6.48. The van der Waals surface area contributed by atoms with Crippen LogP contribution in [0.2, 0.25) is 0 Å². The number of benzene rings is 2. The second kappa shape index (κ2) is 8.81. The Kier molecular flexibility index (Phi) is 6.20. The molecule has 0 saturated carbocycles. The molecule has 1 heterocycles. The minimum atomic E-state index is -4.42. The molecular weight excluding hydrogens is 399 g/mol. The molecule has 30 heavy (non-hydrogen) atoms. The van der Waals surface area contributed by atoms with Crippen molar-refractivity contribution in [3.63, 3.8) is 0 Å². The number of H-pyrrole nitrogens is 1. The van der Waals surface area contributed by atoms with Gasteiger partial charge in [-0.1, -0.05) is 24.3 Å². The van der Waals surface area contributed by atoms with Crippen molar-refractivity contribution in [3.8, 4) is 5.75 Å². The summed E-state index contributed by atoms with van der Waals surface area (Å²) in [5.74, 6) is 0.351. The first-order valence-corrected chi connectivity index (χ1v) is 8.92. The van der Waals surface area contributed by atoms with Crippen LogP contribution in [0, 0.1) is 0 Å². The van der Waals surface area contributed by atoms with Gasteiger partial charge in [-0.25, -0.2) is 4.98 Å². The summed E-state index contributed by atoms with van der Waals surface area (Å²) >= 11 is 0. The largest absolute Gasteiger partial charge is 0.497 e. The fourth-order valence-electron chi connectivity index (χ4n) is 2.77. The number of amides is 1. The topological polar surface area (TPSA) is 84.1 Å². The van der Waals surface area contributed by atoms with E-state index in [4.69, 9.17) is 4.74 Å². The summed E-state index contributed by atoms with van der Waals surface area (Å²) in [6.45, 7) is -0.00331. The van der Waals surface area contributed by atoms with Crippen molar-refractivity contribution in [2.24, 2.45) is 0 Å². The zero-order valence-electron chi connectivity index (χ0n) is 15.9. The van der Waals surface area contributed by atoms with Gasteiger partial charge >= 0.3 is 6.18 Å². The number of halogens is 3. The first-order valence-electron chi connectivity index (χ1n) is 8.92. The smallest absolute Gasteiger partial charge is 0.416 e. The van der Waals surface area contributed by atoms with Crippen LogP contribution in [0.5, 0.6) is 5.75 Å². The molecular formula is C21H18F3N3O3. The Morgan fingerprint density at radius 1 is 1.10 bits per heavy atom. The minimum Gasteiger partial charge on any atom is -0.497 e. The van der Waals surface area contributed by atoms with Crippen LogP contribution in [0.1, 0.15) is 33.0 Å². The third-order valence-electron chi connectivity index (χ3n) is 4.26. The molecule has 0 unspecified atom stereocenters. The van der Waals surface area contributed by atoms with E-state index in [1.54, 1.807) is 25.3 Å². The summed E-state index contributed by atoms with van der Waals surface area (Å²) in [7, 11) is 1.54. The van der Waals surface area contributed by atoms with E-state index in [1.807, 2.05) is 6.07 Å². The van der Waals surface area contributed by atoms with Crippen molar-refractivity contribution in [2.75, 3.05) is 7.11 Å². The number of nitrogens with zero attached hydrogens (tertiary/aromatic N) is 1. The van der Waals surface area contributed by atoms with E-state index in [-0.39, 0.29) is 18.7 Å². The lowest BCUT2D eigenvalue weighted by atomic mass is 10.1. The Bertz CT molecular complexity index is 1090. The molecule has 0 spiro atoms. The molecule has 1 aromatic heterocycles. The number of nitrogens with one attached hydrogen (secondary N) is 2. The minimum absolute atomic E-state index is 0.00331. The van der Waals surface area contributed by atoms with Gasteiger partial charge < -0.3 is 15.0 Å². The van der Waals surface area contributed by atoms with Gasteiger partial charge in [0.2, 0.25) is 0 Å². The molecule has 0 aliphatic rings. The molecule has 0 bridgehead atoms. The van der Waals surface area contributed by atoms with Gasteiger partial charge in [0.1, 0.15) is 17.3 Å². The highest BCUT2D eigenvalue weighted by Gasteiger charge is 2.29. The van der Waals surface area contributed by atoms with Crippen molar-refractivity contribution in [3.05, 3.63) is 93.2 Å². The lowest BCUT2D eigenvalue weighted by Crippen LogP contribution is -2.26. The number of carbonyl (C=O) groups excluding carboxylic acids is 1. The number of methoxy groups -OCH3 is 1. The number of rotatable bonds is 6. The Balaban J connectivity index is 1.69. The number of carbonyl (C=O) groups is 1. The van der Waals surface area contributed by atoms with Crippen LogP contribution in [0.3, 0.4) is 0 Å². The highest BCUT2D eigenvalue weighted by molar-refractivity contribution is 5.92. The van der Waals surface area contributed by atoms with Crippen molar-refractivity contribution >= 4 is 5.91 Å². The Hall–Kier alpha value is -3.62. The summed E-state index contributed by atoms with van der Waals surface area (Å²) < 4.78 is 43.0. The average molecular weight is 417 g/mol. The maximum Gasteiger partial charge on any atom is 0.416 e. The normalized spacial score (nSPS) is 11.2. The van der Waals surface area contributed by atoms with Crippen LogP contribution in [0.25, 0.3) is 0 Å². The highest BCUT2D eigenvalue weighted by Crippen LogP contribution is 2.29. The van der Waals surface area contributed by atoms with Gasteiger partial charge in [0.25, 0.3) is 11.5 Å². The van der Waals surface area contributed by atoms with E-state index in [0.29, 0.717) is 17.1 Å². The number of hydrogen-bond donors (Lipinski definition) is 2. The number of hydrogen-bond acceptors (Lipinski definition) is 4. The Labute approximate surface area is 169 Å². The molecule has 9 heteroatoms. The summed E-state index contributed by atoms with van der Waals surface area (Å²) in [5, 5.41) is 2.55. The van der Waals surface area contributed by atoms with Crippen LogP contribution >= 0.6 is 0 Å². The van der Waals surface area contributed by atoms with Gasteiger partial charge in [-0.05, 0) is 35.4 Å². The van der Waals surface area contributed by atoms with E-state index in [1.165, 1.54) is 12.1 Å². The summed E-state index contributed by atoms with van der Waals surface area (Å²) in [6, 6.07) is 12.7. The molecule has 0 atom stereocenters. The molecule has 0 aliphatic carbocycles. The fraction of sp³-hybridized carbons (Fsp3) is 0.190. The van der Waals surface area contributed by atoms with E-state index in [2.05, 4.69) is 15.3 Å². The van der Waals surface area contributed by atoms with E-state index < -0.39 is 23.2 Å². The SMILES string of the molecule is COc1cccc(Cc2nc(C(=O)NCc3ccc(C(F)(F)F)cc3)cc(=O)[nH]2)c1. The van der Waals surface area contributed by atoms with E-state index in [0.717, 1.165) is 23.8 Å². The molecule has 156 valence electrons. The maximum absolute atomic E-state index is 12.6. The molecule has 0 fully saturated rings. The molecule has 0 radical (unpaired) electrons. The van der Waals surface area contributed by atoms with E-state index >= 15 is 0 Å². The first-order chi connectivity index (χ1) is 14.2. The average Bonchev–Trinajstić information content (AvgIpc) is 2.71. The van der Waals surface area contributed by atoms with E-state index in [9.17, 15) is 22.8 Å². The summed E-state index contributed by atoms with van der Waals surface area (Å²) in [6.07, 6.45) is -4.14. The molecule has 2 N–H and O–H groups in total. The zero-order chi connectivity index (χ0) is 21.7. The third kappa shape index (κ3) is 5.47. The zero-order valence-corrected chi connectivity index (χ0v) is 15.9. The van der Waals surface area contributed by atoms with Crippen LogP contribution in [-0.4, -0.2) is 23.0 Å². The predicted molar refractivity (Wildman–Crippen MR) is 103 cm³/mol. The molecule has 0 aliphatic heterocycles. The quantitative estimate of drug-likeness (QED) is 0.645. The number of aromatic amines is 1. The van der Waals surface area contributed by atoms with Gasteiger partial charge in [-0.2, -0.15) is 13.2 Å². The molecule has 6 nitrogen and oxygen atoms in total. The first kappa shape index (κ1) is 21.1. The van der Waals surface area contributed by atoms with Gasteiger partial charge in [0, 0.05) is 19.0 Å². The Morgan fingerprint density at radius 3 is 2.50 bits per heavy atom. The Morgan fingerprint density at radius 2 is 1.83 bits per heavy atom. The number of aromatic nitrogens is 2. The number of ether oxygens (including phenoxy) is 1. The number of alkyl halides is 3. The second-order valence-electron chi connectivity index (χ2n) is 6.48.